The predicted molar refractivity (Wildman–Crippen MR) is 93.0 cm³/mol. The first-order valence-corrected chi connectivity index (χ1v) is 7.73. The van der Waals surface area contributed by atoms with Crippen molar-refractivity contribution in [3.05, 3.63) is 48.0 Å². The van der Waals surface area contributed by atoms with Crippen LogP contribution in [0.15, 0.2) is 42.5 Å². The molecular formula is C18H20N2O4. The van der Waals surface area contributed by atoms with Crippen LogP contribution in [0, 0.1) is 0 Å². The van der Waals surface area contributed by atoms with E-state index in [1.807, 2.05) is 25.1 Å². The van der Waals surface area contributed by atoms with Gasteiger partial charge in [-0.25, -0.2) is 4.79 Å². The molecule has 0 aliphatic carbocycles. The first-order chi connectivity index (χ1) is 11.5. The molecule has 0 bridgehead atoms. The lowest BCUT2D eigenvalue weighted by Crippen LogP contribution is -2.13. The van der Waals surface area contributed by atoms with Gasteiger partial charge < -0.3 is 20.5 Å². The van der Waals surface area contributed by atoms with Crippen molar-refractivity contribution in [1.82, 2.24) is 0 Å². The summed E-state index contributed by atoms with van der Waals surface area (Å²) < 4.78 is 5.80. The minimum absolute atomic E-state index is 0.0183. The molecule has 0 unspecified atom stereocenters. The SMILES string of the molecule is CCNc1ccccc1Oc1ccc(NC(=O)CC)c(C(=O)O)c1. The fourth-order valence-electron chi connectivity index (χ4n) is 2.13. The van der Waals surface area contributed by atoms with Crippen LogP contribution in [0.25, 0.3) is 0 Å². The monoisotopic (exact) mass is 328 g/mol. The lowest BCUT2D eigenvalue weighted by Gasteiger charge is -2.14. The van der Waals surface area contributed by atoms with Gasteiger partial charge in [0.05, 0.1) is 16.9 Å². The summed E-state index contributed by atoms with van der Waals surface area (Å²) in [5.74, 6) is -0.399. The summed E-state index contributed by atoms with van der Waals surface area (Å²) in [6.45, 7) is 4.41. The smallest absolute Gasteiger partial charge is 0.337 e. The summed E-state index contributed by atoms with van der Waals surface area (Å²) >= 11 is 0. The van der Waals surface area contributed by atoms with Crippen molar-refractivity contribution in [2.24, 2.45) is 0 Å². The van der Waals surface area contributed by atoms with E-state index in [1.165, 1.54) is 12.1 Å². The summed E-state index contributed by atoms with van der Waals surface area (Å²) in [6, 6.07) is 12.0. The van der Waals surface area contributed by atoms with E-state index in [0.717, 1.165) is 12.2 Å². The van der Waals surface area contributed by atoms with Gasteiger partial charge in [0.2, 0.25) is 5.91 Å². The second kappa shape index (κ2) is 8.01. The van der Waals surface area contributed by atoms with Crippen molar-refractivity contribution in [3.63, 3.8) is 0 Å². The lowest BCUT2D eigenvalue weighted by atomic mass is 10.1. The van der Waals surface area contributed by atoms with Crippen molar-refractivity contribution < 1.29 is 19.4 Å². The molecular weight excluding hydrogens is 308 g/mol. The van der Waals surface area contributed by atoms with Crippen LogP contribution in [-0.4, -0.2) is 23.5 Å². The van der Waals surface area contributed by atoms with E-state index >= 15 is 0 Å². The Hall–Kier alpha value is -3.02. The number of para-hydroxylation sites is 2. The van der Waals surface area contributed by atoms with Gasteiger partial charge in [0.25, 0.3) is 0 Å². The summed E-state index contributed by atoms with van der Waals surface area (Å²) in [7, 11) is 0. The fraction of sp³-hybridized carbons (Fsp3) is 0.222. The Bertz CT molecular complexity index is 744. The standard InChI is InChI=1S/C18H20N2O4/c1-3-17(21)20-14-10-9-12(11-13(14)18(22)23)24-16-8-6-5-7-15(16)19-4-2/h5-11,19H,3-4H2,1-2H3,(H,20,21)(H,22,23). The maximum absolute atomic E-state index is 11.5. The van der Waals surface area contributed by atoms with Gasteiger partial charge in [0, 0.05) is 13.0 Å². The summed E-state index contributed by atoms with van der Waals surface area (Å²) in [6.07, 6.45) is 0.271. The highest BCUT2D eigenvalue weighted by Gasteiger charge is 2.14. The molecule has 0 spiro atoms. The van der Waals surface area contributed by atoms with Crippen molar-refractivity contribution in [1.29, 1.82) is 0 Å². The van der Waals surface area contributed by atoms with Gasteiger partial charge in [-0.2, -0.15) is 0 Å². The number of carbonyl (C=O) groups excluding carboxylic acids is 1. The van der Waals surface area contributed by atoms with E-state index in [0.29, 0.717) is 11.5 Å². The van der Waals surface area contributed by atoms with Gasteiger partial charge in [0.1, 0.15) is 5.75 Å². The number of nitrogens with one attached hydrogen (secondary N) is 2. The Morgan fingerprint density at radius 3 is 2.50 bits per heavy atom. The molecule has 0 atom stereocenters. The Morgan fingerprint density at radius 1 is 1.08 bits per heavy atom. The number of rotatable bonds is 7. The maximum Gasteiger partial charge on any atom is 0.337 e. The number of aromatic carboxylic acids is 1. The van der Waals surface area contributed by atoms with Crippen LogP contribution in [0.1, 0.15) is 30.6 Å². The molecule has 2 aromatic carbocycles. The number of hydrogen-bond acceptors (Lipinski definition) is 4. The molecule has 24 heavy (non-hydrogen) atoms. The average Bonchev–Trinajstić information content (AvgIpc) is 2.57. The molecule has 0 aromatic heterocycles. The Balaban J connectivity index is 2.30. The Morgan fingerprint density at radius 2 is 1.83 bits per heavy atom. The molecule has 0 heterocycles. The highest BCUT2D eigenvalue weighted by molar-refractivity contribution is 6.00. The maximum atomic E-state index is 11.5. The third-order valence-electron chi connectivity index (χ3n) is 3.30. The Labute approximate surface area is 140 Å². The van der Waals surface area contributed by atoms with Gasteiger partial charge in [-0.05, 0) is 37.3 Å². The van der Waals surface area contributed by atoms with E-state index in [-0.39, 0.29) is 23.6 Å². The van der Waals surface area contributed by atoms with Crippen molar-refractivity contribution in [2.45, 2.75) is 20.3 Å². The highest BCUT2D eigenvalue weighted by atomic mass is 16.5. The number of carbonyl (C=O) groups is 2. The van der Waals surface area contributed by atoms with Gasteiger partial charge in [-0.15, -0.1) is 0 Å². The van der Waals surface area contributed by atoms with E-state index in [1.54, 1.807) is 19.1 Å². The molecule has 6 heteroatoms. The first-order valence-electron chi connectivity index (χ1n) is 7.73. The van der Waals surface area contributed by atoms with Crippen LogP contribution >= 0.6 is 0 Å². The zero-order chi connectivity index (χ0) is 17.5. The highest BCUT2D eigenvalue weighted by Crippen LogP contribution is 2.31. The number of amides is 1. The van der Waals surface area contributed by atoms with Crippen LogP contribution in [0.4, 0.5) is 11.4 Å². The third kappa shape index (κ3) is 4.25. The van der Waals surface area contributed by atoms with E-state index in [2.05, 4.69) is 10.6 Å². The molecule has 0 fully saturated rings. The molecule has 0 radical (unpaired) electrons. The molecule has 0 saturated heterocycles. The van der Waals surface area contributed by atoms with Gasteiger partial charge in [-0.3, -0.25) is 4.79 Å². The molecule has 0 aliphatic heterocycles. The van der Waals surface area contributed by atoms with Crippen LogP contribution in [-0.2, 0) is 4.79 Å². The topological polar surface area (TPSA) is 87.7 Å². The predicted octanol–water partition coefficient (Wildman–Crippen LogP) is 3.96. The van der Waals surface area contributed by atoms with Crippen molar-refractivity contribution in [2.75, 3.05) is 17.2 Å². The van der Waals surface area contributed by atoms with Gasteiger partial charge in [-0.1, -0.05) is 19.1 Å². The van der Waals surface area contributed by atoms with E-state index in [4.69, 9.17) is 4.74 Å². The number of carboxylic acids is 1. The first kappa shape index (κ1) is 17.3. The summed E-state index contributed by atoms with van der Waals surface area (Å²) in [4.78, 5) is 23.0. The largest absolute Gasteiger partial charge is 0.478 e. The second-order valence-corrected chi connectivity index (χ2v) is 5.04. The number of anilines is 2. The lowest BCUT2D eigenvalue weighted by molar-refractivity contribution is -0.115. The van der Waals surface area contributed by atoms with Crippen LogP contribution in [0.2, 0.25) is 0 Å². The van der Waals surface area contributed by atoms with E-state index < -0.39 is 5.97 Å². The Kier molecular flexibility index (Phi) is 5.78. The van der Waals surface area contributed by atoms with Crippen molar-refractivity contribution >= 4 is 23.3 Å². The van der Waals surface area contributed by atoms with Crippen LogP contribution in [0.3, 0.4) is 0 Å². The molecule has 126 valence electrons. The zero-order valence-electron chi connectivity index (χ0n) is 13.6. The molecule has 2 aromatic rings. The molecule has 0 aliphatic rings. The van der Waals surface area contributed by atoms with Crippen LogP contribution < -0.4 is 15.4 Å². The summed E-state index contributed by atoms with van der Waals surface area (Å²) in [5.41, 5.74) is 1.05. The molecule has 2 rings (SSSR count). The number of benzene rings is 2. The third-order valence-corrected chi connectivity index (χ3v) is 3.30. The zero-order valence-corrected chi connectivity index (χ0v) is 13.6. The van der Waals surface area contributed by atoms with E-state index in [9.17, 15) is 14.7 Å². The number of ether oxygens (including phenoxy) is 1. The minimum atomic E-state index is -1.13. The summed E-state index contributed by atoms with van der Waals surface area (Å²) in [5, 5.41) is 15.1. The van der Waals surface area contributed by atoms with Crippen molar-refractivity contribution in [3.8, 4) is 11.5 Å². The fourth-order valence-corrected chi connectivity index (χ4v) is 2.13. The molecule has 3 N–H and O–H groups in total. The minimum Gasteiger partial charge on any atom is -0.478 e. The quantitative estimate of drug-likeness (QED) is 0.716. The molecule has 1 amide bonds. The normalized spacial score (nSPS) is 10.1. The second-order valence-electron chi connectivity index (χ2n) is 5.04. The molecule has 0 saturated carbocycles. The average molecular weight is 328 g/mol. The van der Waals surface area contributed by atoms with Gasteiger partial charge in [0.15, 0.2) is 5.75 Å². The molecule has 6 nitrogen and oxygen atoms in total. The van der Waals surface area contributed by atoms with Crippen LogP contribution in [0.5, 0.6) is 11.5 Å². The number of carboxylic acid groups (broad SMARTS) is 1. The number of hydrogen-bond donors (Lipinski definition) is 3. The van der Waals surface area contributed by atoms with Gasteiger partial charge >= 0.3 is 5.97 Å².